The zero-order chi connectivity index (χ0) is 12.6. The number of rotatable bonds is 9. The van der Waals surface area contributed by atoms with Crippen LogP contribution in [0.3, 0.4) is 0 Å². The molecule has 1 unspecified atom stereocenters. The molecule has 0 N–H and O–H groups in total. The van der Waals surface area contributed by atoms with Crippen LogP contribution in [-0.2, 0) is 0 Å². The fraction of sp³-hybridized carbons (Fsp3) is 1.00. The Morgan fingerprint density at radius 2 is 1.81 bits per heavy atom. The topological polar surface area (TPSA) is 3.24 Å². The molecule has 0 aliphatic carbocycles. The molecule has 0 saturated carbocycles. The van der Waals surface area contributed by atoms with E-state index in [1.807, 2.05) is 11.8 Å². The molecule has 1 nitrogen and oxygen atoms in total. The van der Waals surface area contributed by atoms with Gasteiger partial charge in [-0.05, 0) is 43.7 Å². The second-order valence-corrected chi connectivity index (χ2v) is 6.02. The van der Waals surface area contributed by atoms with E-state index >= 15 is 0 Å². The van der Waals surface area contributed by atoms with Crippen LogP contribution in [0.5, 0.6) is 0 Å². The van der Waals surface area contributed by atoms with Crippen molar-refractivity contribution in [2.24, 2.45) is 5.41 Å². The molecule has 98 valence electrons. The minimum absolute atomic E-state index is 0.406. The lowest BCUT2D eigenvalue weighted by Crippen LogP contribution is -2.42. The summed E-state index contributed by atoms with van der Waals surface area (Å²) < 4.78 is 0. The average molecular weight is 264 g/mol. The standard InChI is InChI=1S/C13H29NS2/c1-6-12(9-16-5)14(4)10-13(7-2,8-3)11-15/h12,15H,6-11H2,1-5H3. The lowest BCUT2D eigenvalue weighted by atomic mass is 9.83. The minimum Gasteiger partial charge on any atom is -0.302 e. The van der Waals surface area contributed by atoms with Crippen LogP contribution in [0.4, 0.5) is 0 Å². The summed E-state index contributed by atoms with van der Waals surface area (Å²) in [5.41, 5.74) is 0.406. The van der Waals surface area contributed by atoms with Gasteiger partial charge in [0.25, 0.3) is 0 Å². The number of nitrogens with zero attached hydrogens (tertiary/aromatic N) is 1. The fourth-order valence-corrected chi connectivity index (χ4v) is 3.58. The zero-order valence-electron chi connectivity index (χ0n) is 11.6. The van der Waals surface area contributed by atoms with Crippen LogP contribution in [0.25, 0.3) is 0 Å². The van der Waals surface area contributed by atoms with Crippen LogP contribution in [0, 0.1) is 5.41 Å². The summed E-state index contributed by atoms with van der Waals surface area (Å²) in [6, 6.07) is 0.715. The van der Waals surface area contributed by atoms with Gasteiger partial charge in [0.05, 0.1) is 0 Å². The van der Waals surface area contributed by atoms with Crippen molar-refractivity contribution in [3.63, 3.8) is 0 Å². The summed E-state index contributed by atoms with van der Waals surface area (Å²) >= 11 is 6.50. The number of hydrogen-bond acceptors (Lipinski definition) is 3. The Labute approximate surface area is 112 Å². The first-order valence-electron chi connectivity index (χ1n) is 6.39. The molecule has 0 aromatic carbocycles. The first-order chi connectivity index (χ1) is 7.59. The molecule has 0 aromatic rings. The van der Waals surface area contributed by atoms with Gasteiger partial charge >= 0.3 is 0 Å². The van der Waals surface area contributed by atoms with E-state index in [9.17, 15) is 0 Å². The van der Waals surface area contributed by atoms with Gasteiger partial charge in [-0.2, -0.15) is 24.4 Å². The second-order valence-electron chi connectivity index (χ2n) is 4.80. The zero-order valence-corrected chi connectivity index (χ0v) is 13.3. The Balaban J connectivity index is 4.42. The van der Waals surface area contributed by atoms with Crippen LogP contribution in [-0.4, -0.2) is 42.3 Å². The summed E-state index contributed by atoms with van der Waals surface area (Å²) in [6.45, 7) is 8.06. The normalized spacial score (nSPS) is 14.4. The van der Waals surface area contributed by atoms with Crippen LogP contribution in [0.15, 0.2) is 0 Å². The molecule has 0 aliphatic heterocycles. The molecule has 0 saturated heterocycles. The highest BCUT2D eigenvalue weighted by Crippen LogP contribution is 2.29. The maximum absolute atomic E-state index is 4.55. The third-order valence-electron chi connectivity index (χ3n) is 3.87. The molecule has 0 rings (SSSR count). The molecule has 0 bridgehead atoms. The highest BCUT2D eigenvalue weighted by Gasteiger charge is 2.28. The van der Waals surface area contributed by atoms with E-state index in [-0.39, 0.29) is 0 Å². The van der Waals surface area contributed by atoms with Gasteiger partial charge in [0.2, 0.25) is 0 Å². The molecule has 3 heteroatoms. The SMILES string of the molecule is CCC(CSC)N(C)CC(CC)(CC)CS. The summed E-state index contributed by atoms with van der Waals surface area (Å²) in [6.07, 6.45) is 5.90. The second kappa shape index (κ2) is 8.71. The van der Waals surface area contributed by atoms with Crippen molar-refractivity contribution >= 4 is 24.4 Å². The van der Waals surface area contributed by atoms with E-state index in [1.165, 1.54) is 31.6 Å². The van der Waals surface area contributed by atoms with Gasteiger partial charge in [-0.1, -0.05) is 20.8 Å². The predicted octanol–water partition coefficient (Wildman–Crippen LogP) is 3.80. The Morgan fingerprint density at radius 1 is 1.25 bits per heavy atom. The van der Waals surface area contributed by atoms with Crippen molar-refractivity contribution < 1.29 is 0 Å². The van der Waals surface area contributed by atoms with Gasteiger partial charge in [-0.3, -0.25) is 0 Å². The molecule has 1 atom stereocenters. The predicted molar refractivity (Wildman–Crippen MR) is 82.0 cm³/mol. The summed E-state index contributed by atoms with van der Waals surface area (Å²) in [5.74, 6) is 2.24. The third-order valence-corrected chi connectivity index (χ3v) is 5.26. The Hall–Kier alpha value is 0.660. The maximum atomic E-state index is 4.55. The van der Waals surface area contributed by atoms with E-state index in [4.69, 9.17) is 0 Å². The number of thiol groups is 1. The maximum Gasteiger partial charge on any atom is 0.0180 e. The Morgan fingerprint density at radius 3 is 2.12 bits per heavy atom. The van der Waals surface area contributed by atoms with E-state index in [0.717, 1.165) is 5.75 Å². The van der Waals surface area contributed by atoms with Gasteiger partial charge in [-0.25, -0.2) is 0 Å². The smallest absolute Gasteiger partial charge is 0.0180 e. The molecule has 16 heavy (non-hydrogen) atoms. The Bertz CT molecular complexity index is 161. The van der Waals surface area contributed by atoms with Crippen molar-refractivity contribution in [1.82, 2.24) is 4.90 Å². The Kier molecular flexibility index (Phi) is 9.07. The van der Waals surface area contributed by atoms with Gasteiger partial charge < -0.3 is 4.90 Å². The van der Waals surface area contributed by atoms with Crippen molar-refractivity contribution in [2.75, 3.05) is 31.4 Å². The molecule has 0 heterocycles. The number of thioether (sulfide) groups is 1. The van der Waals surface area contributed by atoms with Gasteiger partial charge in [0.15, 0.2) is 0 Å². The van der Waals surface area contributed by atoms with Crippen LogP contribution < -0.4 is 0 Å². The molecule has 0 aromatic heterocycles. The van der Waals surface area contributed by atoms with Crippen LogP contribution >= 0.6 is 24.4 Å². The molecule has 0 radical (unpaired) electrons. The van der Waals surface area contributed by atoms with Crippen LogP contribution in [0.1, 0.15) is 40.0 Å². The fourth-order valence-electron chi connectivity index (χ4n) is 2.15. The van der Waals surface area contributed by atoms with Gasteiger partial charge in [0.1, 0.15) is 0 Å². The quantitative estimate of drug-likeness (QED) is 0.630. The van der Waals surface area contributed by atoms with E-state index in [1.54, 1.807) is 0 Å². The monoisotopic (exact) mass is 263 g/mol. The van der Waals surface area contributed by atoms with Crippen LogP contribution in [0.2, 0.25) is 0 Å². The minimum atomic E-state index is 0.406. The third kappa shape index (κ3) is 4.89. The molecule has 0 aliphatic rings. The first-order valence-corrected chi connectivity index (χ1v) is 8.41. The molecule has 0 spiro atoms. The largest absolute Gasteiger partial charge is 0.302 e. The van der Waals surface area contributed by atoms with E-state index in [0.29, 0.717) is 11.5 Å². The molecule has 0 fully saturated rings. The van der Waals surface area contributed by atoms with Crippen molar-refractivity contribution in [3.8, 4) is 0 Å². The van der Waals surface area contributed by atoms with Gasteiger partial charge in [-0.15, -0.1) is 0 Å². The summed E-state index contributed by atoms with van der Waals surface area (Å²) in [7, 11) is 2.27. The lowest BCUT2D eigenvalue weighted by molar-refractivity contribution is 0.149. The van der Waals surface area contributed by atoms with E-state index < -0.39 is 0 Å². The molecular formula is C13H29NS2. The van der Waals surface area contributed by atoms with Crippen molar-refractivity contribution in [1.29, 1.82) is 0 Å². The van der Waals surface area contributed by atoms with Gasteiger partial charge in [0, 0.05) is 18.3 Å². The average Bonchev–Trinajstić information content (AvgIpc) is 2.33. The summed E-state index contributed by atoms with van der Waals surface area (Å²) in [5, 5.41) is 0. The highest BCUT2D eigenvalue weighted by molar-refractivity contribution is 7.98. The highest BCUT2D eigenvalue weighted by atomic mass is 32.2. The lowest BCUT2D eigenvalue weighted by Gasteiger charge is -2.38. The molecule has 0 amide bonds. The van der Waals surface area contributed by atoms with Crippen molar-refractivity contribution in [2.45, 2.75) is 46.1 Å². The molecular weight excluding hydrogens is 234 g/mol. The van der Waals surface area contributed by atoms with Crippen molar-refractivity contribution in [3.05, 3.63) is 0 Å². The summed E-state index contributed by atoms with van der Waals surface area (Å²) in [4.78, 5) is 2.54. The first kappa shape index (κ1) is 16.7. The van der Waals surface area contributed by atoms with E-state index in [2.05, 4.69) is 51.6 Å². The number of hydrogen-bond donors (Lipinski definition) is 1.